The summed E-state index contributed by atoms with van der Waals surface area (Å²) in [6.07, 6.45) is 15.4. The quantitative estimate of drug-likeness (QED) is 0.209. The number of hydrogen-bond acceptors (Lipinski definition) is 2. The standard InChI is InChI=1S/C15H30ClNO2/c16-14-12-10-8-6-4-2-1-3-5-7-9-11-13-15(18)17-19/h19H,1-14H2,(H,17,18). The molecule has 0 aromatic carbocycles. The summed E-state index contributed by atoms with van der Waals surface area (Å²) in [4.78, 5) is 10.7. The van der Waals surface area contributed by atoms with Gasteiger partial charge in [-0.1, -0.05) is 64.2 Å². The minimum Gasteiger partial charge on any atom is -0.289 e. The molecule has 1 amide bonds. The van der Waals surface area contributed by atoms with E-state index in [-0.39, 0.29) is 5.91 Å². The predicted molar refractivity (Wildman–Crippen MR) is 80.7 cm³/mol. The molecule has 19 heavy (non-hydrogen) atoms. The minimum atomic E-state index is -0.269. The molecule has 4 heteroatoms. The Hall–Kier alpha value is -0.280. The molecule has 0 bridgehead atoms. The molecule has 0 spiro atoms. The first-order chi connectivity index (χ1) is 9.31. The van der Waals surface area contributed by atoms with Crippen molar-refractivity contribution in [3.63, 3.8) is 0 Å². The van der Waals surface area contributed by atoms with E-state index < -0.39 is 0 Å². The maximum absolute atomic E-state index is 10.7. The van der Waals surface area contributed by atoms with E-state index in [2.05, 4.69) is 0 Å². The van der Waals surface area contributed by atoms with E-state index in [9.17, 15) is 4.79 Å². The van der Waals surface area contributed by atoms with E-state index in [1.807, 2.05) is 0 Å². The first kappa shape index (κ1) is 18.7. The molecule has 0 aliphatic carbocycles. The molecule has 0 heterocycles. The number of halogens is 1. The zero-order valence-electron chi connectivity index (χ0n) is 12.1. The van der Waals surface area contributed by atoms with E-state index in [0.717, 1.165) is 25.1 Å². The number of hydrogen-bond donors (Lipinski definition) is 2. The van der Waals surface area contributed by atoms with Crippen LogP contribution in [0, 0.1) is 0 Å². The van der Waals surface area contributed by atoms with Gasteiger partial charge in [0.1, 0.15) is 0 Å². The normalized spacial score (nSPS) is 10.6. The Morgan fingerprint density at radius 2 is 1.11 bits per heavy atom. The smallest absolute Gasteiger partial charge is 0.243 e. The van der Waals surface area contributed by atoms with Crippen molar-refractivity contribution in [2.75, 3.05) is 5.88 Å². The third-order valence-corrected chi connectivity index (χ3v) is 3.68. The summed E-state index contributed by atoms with van der Waals surface area (Å²) in [5.74, 6) is 0.536. The second-order valence-electron chi connectivity index (χ2n) is 5.22. The molecule has 0 unspecified atom stereocenters. The van der Waals surface area contributed by atoms with Crippen LogP contribution in [0.1, 0.15) is 83.5 Å². The monoisotopic (exact) mass is 291 g/mol. The molecule has 0 atom stereocenters. The molecule has 0 aromatic rings. The molecule has 0 aromatic heterocycles. The lowest BCUT2D eigenvalue weighted by Gasteiger charge is -2.02. The number of rotatable bonds is 14. The highest BCUT2D eigenvalue weighted by Gasteiger charge is 1.98. The number of amides is 1. The van der Waals surface area contributed by atoms with E-state index in [1.165, 1.54) is 57.8 Å². The summed E-state index contributed by atoms with van der Waals surface area (Å²) >= 11 is 5.63. The summed E-state index contributed by atoms with van der Waals surface area (Å²) in [7, 11) is 0. The zero-order chi connectivity index (χ0) is 14.2. The fourth-order valence-electron chi connectivity index (χ4n) is 2.20. The average Bonchev–Trinajstić information content (AvgIpc) is 2.43. The maximum Gasteiger partial charge on any atom is 0.243 e. The van der Waals surface area contributed by atoms with Crippen molar-refractivity contribution in [2.45, 2.75) is 83.5 Å². The van der Waals surface area contributed by atoms with Gasteiger partial charge in [0.2, 0.25) is 5.91 Å². The second-order valence-corrected chi connectivity index (χ2v) is 5.59. The van der Waals surface area contributed by atoms with Gasteiger partial charge in [-0.25, -0.2) is 5.48 Å². The fraction of sp³-hybridized carbons (Fsp3) is 0.933. The van der Waals surface area contributed by atoms with Crippen molar-refractivity contribution in [1.82, 2.24) is 5.48 Å². The van der Waals surface area contributed by atoms with E-state index in [4.69, 9.17) is 16.8 Å². The molecule has 0 aliphatic rings. The van der Waals surface area contributed by atoms with Gasteiger partial charge in [0, 0.05) is 12.3 Å². The molecular weight excluding hydrogens is 262 g/mol. The molecule has 0 radical (unpaired) electrons. The number of carbonyl (C=O) groups is 1. The van der Waals surface area contributed by atoms with Crippen LogP contribution in [0.4, 0.5) is 0 Å². The Labute approximate surface area is 123 Å². The van der Waals surface area contributed by atoms with Crippen molar-refractivity contribution in [3.05, 3.63) is 0 Å². The second kappa shape index (κ2) is 15.8. The van der Waals surface area contributed by atoms with E-state index >= 15 is 0 Å². The Morgan fingerprint density at radius 3 is 1.47 bits per heavy atom. The van der Waals surface area contributed by atoms with Gasteiger partial charge in [-0.05, 0) is 12.8 Å². The van der Waals surface area contributed by atoms with Gasteiger partial charge in [0.05, 0.1) is 0 Å². The van der Waals surface area contributed by atoms with Crippen LogP contribution in [0.3, 0.4) is 0 Å². The summed E-state index contributed by atoms with van der Waals surface area (Å²) in [6.45, 7) is 0. The van der Waals surface area contributed by atoms with Gasteiger partial charge in [-0.2, -0.15) is 0 Å². The first-order valence-corrected chi connectivity index (χ1v) is 8.33. The SMILES string of the molecule is O=C(CCCCCCCCCCCCCCCl)NO. The Morgan fingerprint density at radius 1 is 0.737 bits per heavy atom. The van der Waals surface area contributed by atoms with Crippen LogP contribution in [-0.4, -0.2) is 17.0 Å². The summed E-state index contributed by atoms with van der Waals surface area (Å²) in [6, 6.07) is 0. The molecule has 0 fully saturated rings. The van der Waals surface area contributed by atoms with Crippen LogP contribution in [-0.2, 0) is 4.79 Å². The summed E-state index contributed by atoms with van der Waals surface area (Å²) in [5, 5.41) is 8.32. The largest absolute Gasteiger partial charge is 0.289 e. The third kappa shape index (κ3) is 15.7. The number of hydroxylamine groups is 1. The van der Waals surface area contributed by atoms with Crippen molar-refractivity contribution in [1.29, 1.82) is 0 Å². The molecule has 0 rings (SSSR count). The topological polar surface area (TPSA) is 49.3 Å². The van der Waals surface area contributed by atoms with E-state index in [0.29, 0.717) is 6.42 Å². The van der Waals surface area contributed by atoms with Crippen LogP contribution in [0.2, 0.25) is 0 Å². The first-order valence-electron chi connectivity index (χ1n) is 7.80. The lowest BCUT2D eigenvalue weighted by atomic mass is 10.0. The number of nitrogens with one attached hydrogen (secondary N) is 1. The van der Waals surface area contributed by atoms with Gasteiger partial charge in [0.15, 0.2) is 0 Å². The summed E-state index contributed by atoms with van der Waals surface area (Å²) in [5.41, 5.74) is 1.66. The highest BCUT2D eigenvalue weighted by molar-refractivity contribution is 6.17. The van der Waals surface area contributed by atoms with Gasteiger partial charge < -0.3 is 0 Å². The Balaban J connectivity index is 2.97. The highest BCUT2D eigenvalue weighted by atomic mass is 35.5. The van der Waals surface area contributed by atoms with Crippen LogP contribution in [0.5, 0.6) is 0 Å². The number of unbranched alkanes of at least 4 members (excludes halogenated alkanes) is 11. The highest BCUT2D eigenvalue weighted by Crippen LogP contribution is 2.12. The number of carbonyl (C=O) groups excluding carboxylic acids is 1. The van der Waals surface area contributed by atoms with Crippen LogP contribution in [0.15, 0.2) is 0 Å². The lowest BCUT2D eigenvalue weighted by Crippen LogP contribution is -2.17. The van der Waals surface area contributed by atoms with Crippen LogP contribution >= 0.6 is 11.6 Å². The molecule has 0 saturated heterocycles. The maximum atomic E-state index is 10.7. The predicted octanol–water partition coefficient (Wildman–Crippen LogP) is 4.80. The van der Waals surface area contributed by atoms with Gasteiger partial charge >= 0.3 is 0 Å². The molecular formula is C15H30ClNO2. The zero-order valence-corrected chi connectivity index (χ0v) is 12.9. The minimum absolute atomic E-state index is 0.269. The Bertz CT molecular complexity index is 201. The molecule has 114 valence electrons. The van der Waals surface area contributed by atoms with Crippen molar-refractivity contribution < 1.29 is 10.0 Å². The molecule has 0 aliphatic heterocycles. The van der Waals surface area contributed by atoms with Gasteiger partial charge in [-0.15, -0.1) is 11.6 Å². The third-order valence-electron chi connectivity index (χ3n) is 3.41. The average molecular weight is 292 g/mol. The number of alkyl halides is 1. The van der Waals surface area contributed by atoms with Gasteiger partial charge in [-0.3, -0.25) is 10.0 Å². The molecule has 0 saturated carbocycles. The summed E-state index contributed by atoms with van der Waals surface area (Å²) < 4.78 is 0. The van der Waals surface area contributed by atoms with Crippen LogP contribution in [0.25, 0.3) is 0 Å². The lowest BCUT2D eigenvalue weighted by molar-refractivity contribution is -0.129. The van der Waals surface area contributed by atoms with Crippen molar-refractivity contribution in [2.24, 2.45) is 0 Å². The van der Waals surface area contributed by atoms with E-state index in [1.54, 1.807) is 5.48 Å². The van der Waals surface area contributed by atoms with Gasteiger partial charge in [0.25, 0.3) is 0 Å². The molecule has 2 N–H and O–H groups in total. The van der Waals surface area contributed by atoms with Crippen molar-refractivity contribution >= 4 is 17.5 Å². The molecule has 3 nitrogen and oxygen atoms in total. The fourth-order valence-corrected chi connectivity index (χ4v) is 2.39. The Kier molecular flexibility index (Phi) is 15.5. The van der Waals surface area contributed by atoms with Crippen LogP contribution < -0.4 is 5.48 Å². The van der Waals surface area contributed by atoms with Crippen molar-refractivity contribution in [3.8, 4) is 0 Å².